The summed E-state index contributed by atoms with van der Waals surface area (Å²) in [5, 5.41) is 31.6. The van der Waals surface area contributed by atoms with Crippen molar-refractivity contribution in [1.29, 1.82) is 0 Å². The minimum absolute atomic E-state index is 0.170. The van der Waals surface area contributed by atoms with Gasteiger partial charge in [-0.2, -0.15) is 26.3 Å². The quantitative estimate of drug-likeness (QED) is 0.0508. The molecular formula is C68H73F6IN10O10. The lowest BCUT2D eigenvalue weighted by molar-refractivity contribution is -0.315. The van der Waals surface area contributed by atoms with Gasteiger partial charge in [-0.1, -0.05) is 84.9 Å². The maximum atomic E-state index is 14.2. The first-order valence-corrected chi connectivity index (χ1v) is 33.4. The highest BCUT2D eigenvalue weighted by molar-refractivity contribution is 14.1. The van der Waals surface area contributed by atoms with E-state index in [4.69, 9.17) is 9.47 Å². The van der Waals surface area contributed by atoms with Crippen LogP contribution in [0, 0.1) is 11.8 Å². The normalized spacial score (nSPS) is 33.2. The number of alkyl halides is 7. The van der Waals surface area contributed by atoms with Crippen molar-refractivity contribution in [3.8, 4) is 0 Å². The average Bonchev–Trinajstić information content (AvgIpc) is 1.57. The van der Waals surface area contributed by atoms with E-state index in [0.717, 1.165) is 33.5 Å². The van der Waals surface area contributed by atoms with E-state index < -0.39 is 87.1 Å². The molecule has 4 aromatic carbocycles. The Hall–Kier alpha value is -7.15. The summed E-state index contributed by atoms with van der Waals surface area (Å²) in [6.07, 6.45) is 2.41. The Labute approximate surface area is 556 Å². The number of rotatable bonds is 8. The molecule has 0 radical (unpaired) electrons. The summed E-state index contributed by atoms with van der Waals surface area (Å²) in [6.45, 7) is 4.66. The fraction of sp³-hybridized carbons (Fsp3) is 0.500. The Morgan fingerprint density at radius 1 is 0.632 bits per heavy atom. The summed E-state index contributed by atoms with van der Waals surface area (Å²) < 4.78 is 81.3. The fourth-order valence-electron chi connectivity index (χ4n) is 17.6. The number of hydrogen-bond donors (Lipinski definition) is 6. The summed E-state index contributed by atoms with van der Waals surface area (Å²) >= 11 is 0.378. The van der Waals surface area contributed by atoms with Gasteiger partial charge in [0.1, 0.15) is 29.9 Å². The minimum Gasteiger partial charge on any atom is -0.361 e. The fourth-order valence-corrected chi connectivity index (χ4v) is 17.6. The number of amides is 6. The Morgan fingerprint density at radius 3 is 1.54 bits per heavy atom. The first-order valence-electron chi connectivity index (χ1n) is 32.3. The second-order valence-corrected chi connectivity index (χ2v) is 28.7. The molecule has 95 heavy (non-hydrogen) atoms. The molecule has 504 valence electrons. The van der Waals surface area contributed by atoms with Crippen LogP contribution in [0.25, 0.3) is 21.8 Å². The Morgan fingerprint density at radius 2 is 1.07 bits per heavy atom. The maximum Gasteiger partial charge on any atom is 0.441 e. The lowest BCUT2D eigenvalue weighted by Crippen LogP contribution is -2.71. The zero-order valence-electron chi connectivity index (χ0n) is 52.5. The molecule has 8 aliphatic heterocycles. The highest BCUT2D eigenvalue weighted by atomic mass is 127. The summed E-state index contributed by atoms with van der Waals surface area (Å²) in [6, 6.07) is 26.8. The lowest BCUT2D eigenvalue weighted by atomic mass is 9.72. The van der Waals surface area contributed by atoms with Crippen LogP contribution in [0.4, 0.5) is 26.3 Å². The number of hydrogen-bond acceptors (Lipinski definition) is 12. The minimum atomic E-state index is -4.52. The third-order valence-electron chi connectivity index (χ3n) is 21.7. The average molecular weight is 1430 g/mol. The topological polar surface area (TPSA) is 236 Å². The third kappa shape index (κ3) is 11.1. The summed E-state index contributed by atoms with van der Waals surface area (Å²) in [7, 11) is 3.86. The second kappa shape index (κ2) is 23.6. The number of piperazine rings is 2. The second-order valence-electron chi connectivity index (χ2n) is 27.5. The van der Waals surface area contributed by atoms with Crippen LogP contribution in [-0.2, 0) is 70.1 Å². The van der Waals surface area contributed by atoms with Crippen LogP contribution in [-0.4, -0.2) is 189 Å². The Kier molecular flexibility index (Phi) is 16.2. The first-order chi connectivity index (χ1) is 45.0. The molecule has 0 saturated carbocycles. The number of nitrogens with one attached hydrogen (secondary N) is 4. The van der Waals surface area contributed by atoms with Gasteiger partial charge in [-0.15, -0.1) is 0 Å². The van der Waals surface area contributed by atoms with E-state index in [9.17, 15) is 65.3 Å². The molecule has 14 atom stereocenters. The van der Waals surface area contributed by atoms with E-state index >= 15 is 0 Å². The SMILES string of the molecule is CN1C[C@H](C(=O)N[C@]2(C)O[C@@]3(O)C4CCCN4C(=O)[C@H](Cc4ccccc4)N3C2=O)CC2c3cccc4[nH]c(C(F)(F)F)c(c34)CC21.CN1C[C@H](C(=O)N[C@]2(C)O[C@@]3(O)C4CCCN4C(=O)[C@H](Cc4ccccc4)N3C2=O)CC2c3cccc4[nH]cc(c34)CC21.FC(F)(F)I. The van der Waals surface area contributed by atoms with Crippen molar-refractivity contribution in [2.24, 2.45) is 11.8 Å². The molecule has 6 aromatic rings. The Balaban J connectivity index is 0.000000153. The highest BCUT2D eigenvalue weighted by Crippen LogP contribution is 2.52. The number of ether oxygens (including phenoxy) is 2. The number of aromatic nitrogens is 2. The summed E-state index contributed by atoms with van der Waals surface area (Å²) in [5.41, 5.74) is 2.31. The van der Waals surface area contributed by atoms with E-state index in [0.29, 0.717) is 91.7 Å². The predicted octanol–water partition coefficient (Wildman–Crippen LogP) is 7.12. The number of carbonyl (C=O) groups is 6. The van der Waals surface area contributed by atoms with E-state index in [1.165, 1.54) is 35.3 Å². The zero-order valence-corrected chi connectivity index (χ0v) is 54.6. The number of nitrogens with zero attached hydrogens (tertiary/aromatic N) is 6. The highest BCUT2D eigenvalue weighted by Gasteiger charge is 2.72. The van der Waals surface area contributed by atoms with Crippen LogP contribution >= 0.6 is 22.6 Å². The predicted molar refractivity (Wildman–Crippen MR) is 340 cm³/mol. The molecule has 6 unspecified atom stereocenters. The molecule has 16 rings (SSSR count). The van der Waals surface area contributed by atoms with Gasteiger partial charge >= 0.3 is 10.4 Å². The monoisotopic (exact) mass is 1430 g/mol. The van der Waals surface area contributed by atoms with Crippen molar-refractivity contribution in [3.63, 3.8) is 0 Å². The molecular weight excluding hydrogens is 1360 g/mol. The number of fused-ring (bicyclic) bond motifs is 10. The standard InChI is InChI=1S/C34H36F3N5O5.C33H37N5O5.CF3I/c1-32(31(45)42-25(14-18-8-4-3-5-9-18)30(44)41-13-7-12-26(41)34(42,46)47-32)39-29(43)19-15-21-20-10-6-11-23-27(20)22(16-24(21)40(2)17-19)28(38-23)33(35,36)37;1-32(35-29(39)21-15-23-22-10-6-11-24-28(22)20(17-34-24)16-25(23)36(2)18-21)31(41)38-26(14-19-8-4-3-5-9-19)30(40)37-13-7-12-27(37)33(38,42)43-32;2-1(3,4)5/h3-6,8-11,19,21,24-26,38,46H,7,12-17H2,1-2H3,(H,39,43);3-6,8-11,17,21,23,25-27,34,42H,7,12-16,18H2,1-2H3,(H,35,39);/t19-,21?,24?,25+,26?,32-,34+;21-,23?,25?,26+,27?,32-,33+;/m11./s1. The number of piperidine rings is 2. The molecule has 0 spiro atoms. The zero-order chi connectivity index (χ0) is 67.2. The summed E-state index contributed by atoms with van der Waals surface area (Å²) in [5.74, 6) is -7.71. The first kappa shape index (κ1) is 65.2. The maximum absolute atomic E-state index is 14.2. The number of aliphatic hydroxyl groups is 2. The number of carbonyl (C=O) groups excluding carboxylic acids is 6. The van der Waals surface area contributed by atoms with Gasteiger partial charge < -0.3 is 50.4 Å². The number of likely N-dealkylation sites (tertiary alicyclic amines) is 2. The van der Waals surface area contributed by atoms with Crippen molar-refractivity contribution in [1.82, 2.24) is 50.0 Å². The molecule has 8 fully saturated rings. The number of H-pyrrole nitrogens is 2. The van der Waals surface area contributed by atoms with Gasteiger partial charge in [-0.25, -0.2) is 0 Å². The number of aromatic amines is 2. The van der Waals surface area contributed by atoms with Gasteiger partial charge in [-0.05, 0) is 125 Å². The molecule has 6 N–H and O–H groups in total. The van der Waals surface area contributed by atoms with Gasteiger partial charge in [0, 0.05) is 114 Å². The molecule has 0 bridgehead atoms. The van der Waals surface area contributed by atoms with Gasteiger partial charge in [-0.3, -0.25) is 48.0 Å². The molecule has 27 heteroatoms. The van der Waals surface area contributed by atoms with Crippen molar-refractivity contribution < 1.29 is 74.8 Å². The van der Waals surface area contributed by atoms with Crippen molar-refractivity contribution in [3.05, 3.63) is 142 Å². The number of benzene rings is 4. The largest absolute Gasteiger partial charge is 0.441 e. The molecule has 8 saturated heterocycles. The van der Waals surface area contributed by atoms with E-state index in [-0.39, 0.29) is 78.9 Å². The van der Waals surface area contributed by atoms with Gasteiger partial charge in [0.15, 0.2) is 0 Å². The van der Waals surface area contributed by atoms with Crippen LogP contribution in [0.5, 0.6) is 0 Å². The molecule has 2 aromatic heterocycles. The van der Waals surface area contributed by atoms with Crippen LogP contribution in [0.3, 0.4) is 0 Å². The van der Waals surface area contributed by atoms with E-state index in [1.807, 2.05) is 71.6 Å². The molecule has 10 aliphatic rings. The van der Waals surface area contributed by atoms with Crippen molar-refractivity contribution >= 4 is 79.8 Å². The van der Waals surface area contributed by atoms with Crippen LogP contribution in [0.2, 0.25) is 0 Å². The number of likely N-dealkylation sites (N-methyl/N-ethyl adjacent to an activating group) is 2. The van der Waals surface area contributed by atoms with Crippen LogP contribution in [0.1, 0.15) is 103 Å². The van der Waals surface area contributed by atoms with Crippen molar-refractivity contribution in [2.45, 2.75) is 160 Å². The van der Waals surface area contributed by atoms with Crippen LogP contribution in [0.15, 0.2) is 103 Å². The van der Waals surface area contributed by atoms with Gasteiger partial charge in [0.25, 0.3) is 23.6 Å². The third-order valence-corrected chi connectivity index (χ3v) is 21.7. The summed E-state index contributed by atoms with van der Waals surface area (Å²) in [4.78, 5) is 99.6. The lowest BCUT2D eigenvalue weighted by Gasteiger charge is -2.48. The van der Waals surface area contributed by atoms with E-state index in [1.54, 1.807) is 29.0 Å². The smallest absolute Gasteiger partial charge is 0.361 e. The van der Waals surface area contributed by atoms with Gasteiger partial charge in [0.05, 0.1) is 11.8 Å². The van der Waals surface area contributed by atoms with E-state index in [2.05, 4.69) is 56.9 Å². The molecule has 2 aliphatic carbocycles. The molecule has 6 amide bonds. The molecule has 10 heterocycles. The van der Waals surface area contributed by atoms with Crippen LogP contribution < -0.4 is 10.6 Å². The molecule has 20 nitrogen and oxygen atoms in total. The Bertz CT molecular complexity index is 4060. The van der Waals surface area contributed by atoms with Gasteiger partial charge in [0.2, 0.25) is 35.1 Å². The number of halogens is 7. The van der Waals surface area contributed by atoms with Crippen molar-refractivity contribution in [2.75, 3.05) is 40.3 Å².